The van der Waals surface area contributed by atoms with Gasteiger partial charge in [0.1, 0.15) is 11.9 Å². The predicted octanol–water partition coefficient (Wildman–Crippen LogP) is 2.19. The summed E-state index contributed by atoms with van der Waals surface area (Å²) >= 11 is 0. The Bertz CT molecular complexity index is 1170. The zero-order chi connectivity index (χ0) is 24.8. The van der Waals surface area contributed by atoms with Crippen LogP contribution in [0.2, 0.25) is 0 Å². The molecule has 184 valence electrons. The molecule has 1 aliphatic heterocycles. The minimum atomic E-state index is -4.90. The number of alkyl halides is 3. The van der Waals surface area contributed by atoms with Crippen molar-refractivity contribution in [3.8, 4) is 0 Å². The van der Waals surface area contributed by atoms with Crippen molar-refractivity contribution in [1.29, 1.82) is 0 Å². The van der Waals surface area contributed by atoms with E-state index in [2.05, 4.69) is 9.82 Å². The molecule has 1 saturated heterocycles. The number of hydrogen-bond acceptors (Lipinski definition) is 6. The summed E-state index contributed by atoms with van der Waals surface area (Å²) in [5.41, 5.74) is -1.52. The van der Waals surface area contributed by atoms with E-state index in [0.717, 1.165) is 9.87 Å². The van der Waals surface area contributed by atoms with Gasteiger partial charge in [-0.25, -0.2) is 14.3 Å². The Balaban J connectivity index is 1.92. The average Bonchev–Trinajstić information content (AvgIpc) is 3.15. The van der Waals surface area contributed by atoms with Crippen LogP contribution in [0.15, 0.2) is 21.3 Å². The molecule has 3 N–H and O–H groups in total. The SMILES string of the molecule is Cc1ccc(F)c(C(C)[C@H](NS(=O)(=O)N2CCC(O)(C(F)(F)F)CC2)c2n[nH]c(=O)o2)c1C. The molecule has 0 radical (unpaired) electrons. The van der Waals surface area contributed by atoms with Crippen LogP contribution in [0, 0.1) is 19.7 Å². The summed E-state index contributed by atoms with van der Waals surface area (Å²) in [6, 6.07) is 1.43. The summed E-state index contributed by atoms with van der Waals surface area (Å²) in [5, 5.41) is 15.5. The first-order chi connectivity index (χ1) is 15.2. The first-order valence-electron chi connectivity index (χ1n) is 10.0. The van der Waals surface area contributed by atoms with Crippen molar-refractivity contribution >= 4 is 10.2 Å². The second-order valence-corrected chi connectivity index (χ2v) is 9.87. The first-order valence-corrected chi connectivity index (χ1v) is 11.5. The molecule has 9 nitrogen and oxygen atoms in total. The lowest BCUT2D eigenvalue weighted by Gasteiger charge is -2.39. The zero-order valence-electron chi connectivity index (χ0n) is 18.0. The Hall–Kier alpha value is -2.29. The summed E-state index contributed by atoms with van der Waals surface area (Å²) in [4.78, 5) is 11.5. The number of nitrogens with zero attached hydrogens (tertiary/aromatic N) is 2. The number of H-pyrrole nitrogens is 1. The molecule has 0 saturated carbocycles. The molecule has 1 aromatic heterocycles. The van der Waals surface area contributed by atoms with E-state index in [0.29, 0.717) is 5.56 Å². The third kappa shape index (κ3) is 4.98. The van der Waals surface area contributed by atoms with Gasteiger partial charge in [0.25, 0.3) is 10.2 Å². The van der Waals surface area contributed by atoms with Crippen molar-refractivity contribution in [1.82, 2.24) is 19.2 Å². The van der Waals surface area contributed by atoms with Crippen LogP contribution in [0.3, 0.4) is 0 Å². The molecule has 1 aromatic carbocycles. The van der Waals surface area contributed by atoms with Crippen LogP contribution >= 0.6 is 0 Å². The molecule has 2 aromatic rings. The van der Waals surface area contributed by atoms with Crippen LogP contribution < -0.4 is 10.5 Å². The van der Waals surface area contributed by atoms with Crippen LogP contribution in [0.1, 0.15) is 54.3 Å². The van der Waals surface area contributed by atoms with Gasteiger partial charge >= 0.3 is 11.9 Å². The Morgan fingerprint density at radius 2 is 1.88 bits per heavy atom. The largest absolute Gasteiger partial charge is 0.434 e. The Labute approximate surface area is 187 Å². The number of nitrogens with one attached hydrogen (secondary N) is 2. The van der Waals surface area contributed by atoms with Gasteiger partial charge < -0.3 is 9.52 Å². The monoisotopic (exact) mass is 496 g/mol. The number of halogens is 4. The van der Waals surface area contributed by atoms with Gasteiger partial charge in [-0.15, -0.1) is 5.10 Å². The highest BCUT2D eigenvalue weighted by atomic mass is 32.2. The average molecular weight is 496 g/mol. The normalized spacial score (nSPS) is 19.4. The van der Waals surface area contributed by atoms with Gasteiger partial charge in [-0.1, -0.05) is 13.0 Å². The van der Waals surface area contributed by atoms with E-state index in [9.17, 15) is 35.9 Å². The Kier molecular flexibility index (Phi) is 6.77. The molecule has 0 spiro atoms. The minimum absolute atomic E-state index is 0.165. The van der Waals surface area contributed by atoms with Gasteiger partial charge in [0.05, 0.1) is 0 Å². The van der Waals surface area contributed by atoms with Crippen molar-refractivity contribution in [2.75, 3.05) is 13.1 Å². The van der Waals surface area contributed by atoms with Crippen molar-refractivity contribution in [3.63, 3.8) is 0 Å². The van der Waals surface area contributed by atoms with Gasteiger partial charge in [-0.3, -0.25) is 0 Å². The Morgan fingerprint density at radius 1 is 1.27 bits per heavy atom. The van der Waals surface area contributed by atoms with Gasteiger partial charge in [0.2, 0.25) is 5.89 Å². The van der Waals surface area contributed by atoms with Crippen LogP contribution in [0.4, 0.5) is 17.6 Å². The highest BCUT2D eigenvalue weighted by Crippen LogP contribution is 2.39. The summed E-state index contributed by atoms with van der Waals surface area (Å²) in [6.45, 7) is 3.70. The maximum absolute atomic E-state index is 14.7. The Morgan fingerprint density at radius 3 is 2.39 bits per heavy atom. The number of aromatic amines is 1. The number of aliphatic hydroxyl groups is 1. The van der Waals surface area contributed by atoms with Gasteiger partial charge in [0.15, 0.2) is 5.60 Å². The quantitative estimate of drug-likeness (QED) is 0.526. The maximum Gasteiger partial charge on any atom is 0.434 e. The van der Waals surface area contributed by atoms with Crippen molar-refractivity contribution < 1.29 is 35.5 Å². The summed E-state index contributed by atoms with van der Waals surface area (Å²) in [5.74, 6) is -2.85. The third-order valence-corrected chi connectivity index (χ3v) is 7.70. The topological polar surface area (TPSA) is 129 Å². The minimum Gasteiger partial charge on any atom is -0.391 e. The van der Waals surface area contributed by atoms with Gasteiger partial charge in [-0.2, -0.15) is 30.6 Å². The van der Waals surface area contributed by atoms with E-state index in [1.807, 2.05) is 5.10 Å². The lowest BCUT2D eigenvalue weighted by atomic mass is 9.88. The van der Waals surface area contributed by atoms with E-state index < -0.39 is 71.5 Å². The maximum atomic E-state index is 14.7. The van der Waals surface area contributed by atoms with Crippen LogP contribution in [0.25, 0.3) is 0 Å². The third-order valence-electron chi connectivity index (χ3n) is 6.10. The molecule has 1 unspecified atom stereocenters. The van der Waals surface area contributed by atoms with Crippen molar-refractivity contribution in [3.05, 3.63) is 51.1 Å². The summed E-state index contributed by atoms with van der Waals surface area (Å²) in [7, 11) is -4.44. The highest BCUT2D eigenvalue weighted by molar-refractivity contribution is 7.87. The number of benzene rings is 1. The summed E-state index contributed by atoms with van der Waals surface area (Å²) < 4.78 is 87.9. The molecule has 0 aliphatic carbocycles. The first kappa shape index (κ1) is 25.3. The molecule has 2 atom stereocenters. The summed E-state index contributed by atoms with van der Waals surface area (Å²) in [6.07, 6.45) is -6.59. The highest BCUT2D eigenvalue weighted by Gasteiger charge is 2.55. The molecule has 2 heterocycles. The van der Waals surface area contributed by atoms with E-state index >= 15 is 0 Å². The number of rotatable bonds is 6. The zero-order valence-corrected chi connectivity index (χ0v) is 18.8. The molecule has 1 fully saturated rings. The van der Waals surface area contributed by atoms with Gasteiger partial charge in [0, 0.05) is 19.0 Å². The lowest BCUT2D eigenvalue weighted by molar-refractivity contribution is -0.270. The van der Waals surface area contributed by atoms with E-state index in [1.165, 1.54) is 13.0 Å². The van der Waals surface area contributed by atoms with Crippen molar-refractivity contribution in [2.45, 2.75) is 57.3 Å². The number of aromatic nitrogens is 2. The molecule has 1 aliphatic rings. The second kappa shape index (κ2) is 8.81. The molecular weight excluding hydrogens is 472 g/mol. The lowest BCUT2D eigenvalue weighted by Crippen LogP contribution is -2.56. The molecule has 14 heteroatoms. The van der Waals surface area contributed by atoms with Gasteiger partial charge in [-0.05, 0) is 49.4 Å². The number of hydrogen-bond donors (Lipinski definition) is 3. The van der Waals surface area contributed by atoms with Crippen LogP contribution in [0.5, 0.6) is 0 Å². The molecule has 33 heavy (non-hydrogen) atoms. The van der Waals surface area contributed by atoms with Crippen molar-refractivity contribution in [2.24, 2.45) is 0 Å². The number of piperidine rings is 1. The van der Waals surface area contributed by atoms with Crippen LogP contribution in [-0.2, 0) is 10.2 Å². The molecule has 0 bridgehead atoms. The fourth-order valence-electron chi connectivity index (χ4n) is 3.89. The van der Waals surface area contributed by atoms with E-state index in [4.69, 9.17) is 4.42 Å². The number of aryl methyl sites for hydroxylation is 1. The predicted molar refractivity (Wildman–Crippen MR) is 108 cm³/mol. The molecular formula is C19H24F4N4O5S. The fourth-order valence-corrected chi connectivity index (χ4v) is 5.32. The fraction of sp³-hybridized carbons (Fsp3) is 0.579. The van der Waals surface area contributed by atoms with E-state index in [1.54, 1.807) is 19.9 Å². The second-order valence-electron chi connectivity index (χ2n) is 8.17. The smallest absolute Gasteiger partial charge is 0.391 e. The van der Waals surface area contributed by atoms with Crippen LogP contribution in [-0.4, -0.2) is 52.9 Å². The molecule has 0 amide bonds. The standard InChI is InChI=1S/C19H24F4N4O5S/c1-10-4-5-13(20)14(11(10)2)12(3)15(16-24-25-17(28)32-16)26-33(30,31)27-8-6-18(29,7-9-27)19(21,22)23/h4-5,12,15,26,29H,6-9H2,1-3H3,(H,25,28)/t12?,15-/m0/s1. The van der Waals surface area contributed by atoms with E-state index in [-0.39, 0.29) is 11.5 Å². The molecule has 3 rings (SSSR count).